The normalized spacial score (nSPS) is 16.7. The number of para-hydroxylation sites is 1. The molecule has 17 heavy (non-hydrogen) atoms. The Morgan fingerprint density at radius 3 is 2.71 bits per heavy atom. The number of hydrogen-bond acceptors (Lipinski definition) is 2. The molecular weight excluding hydrogens is 218 g/mol. The highest BCUT2D eigenvalue weighted by Gasteiger charge is 2.22. The molecule has 4 nitrogen and oxygen atoms in total. The number of hydrogen-bond donors (Lipinski definition) is 1. The van der Waals surface area contributed by atoms with Crippen LogP contribution in [0.2, 0.25) is 0 Å². The largest absolute Gasteiger partial charge is 0.478 e. The molecule has 1 amide bonds. The number of carboxylic acid groups (broad SMARTS) is 1. The summed E-state index contributed by atoms with van der Waals surface area (Å²) >= 11 is 0. The fourth-order valence-corrected chi connectivity index (χ4v) is 2.13. The second-order valence-electron chi connectivity index (χ2n) is 4.18. The van der Waals surface area contributed by atoms with Crippen molar-refractivity contribution in [1.82, 2.24) is 0 Å². The molecule has 0 saturated carbocycles. The van der Waals surface area contributed by atoms with E-state index in [9.17, 15) is 9.59 Å². The van der Waals surface area contributed by atoms with Crippen molar-refractivity contribution >= 4 is 17.6 Å². The SMILES string of the molecule is O=C(O)c1ccccc1N1CCCCCC1=O. The molecule has 0 spiro atoms. The molecule has 1 aromatic rings. The Morgan fingerprint density at radius 2 is 1.94 bits per heavy atom. The van der Waals surface area contributed by atoms with Gasteiger partial charge in [0.15, 0.2) is 0 Å². The molecule has 0 unspecified atom stereocenters. The quantitative estimate of drug-likeness (QED) is 0.852. The number of amides is 1. The molecule has 1 aliphatic heterocycles. The Bertz CT molecular complexity index is 442. The van der Waals surface area contributed by atoms with Gasteiger partial charge in [-0.25, -0.2) is 4.79 Å². The van der Waals surface area contributed by atoms with Gasteiger partial charge in [0.05, 0.1) is 11.3 Å². The highest BCUT2D eigenvalue weighted by molar-refractivity contribution is 6.01. The first-order chi connectivity index (χ1) is 8.20. The van der Waals surface area contributed by atoms with Gasteiger partial charge in [0, 0.05) is 13.0 Å². The predicted octanol–water partition coefficient (Wildman–Crippen LogP) is 2.29. The number of aromatic carboxylic acids is 1. The molecule has 1 aliphatic rings. The van der Waals surface area contributed by atoms with Crippen LogP contribution in [0.3, 0.4) is 0 Å². The zero-order chi connectivity index (χ0) is 12.3. The van der Waals surface area contributed by atoms with Crippen LogP contribution >= 0.6 is 0 Å². The van der Waals surface area contributed by atoms with Crippen molar-refractivity contribution in [1.29, 1.82) is 0 Å². The predicted molar refractivity (Wildman–Crippen MR) is 64.2 cm³/mol. The standard InChI is InChI=1S/C13H15NO3/c15-12-8-2-1-5-9-14(12)11-7-4-3-6-10(11)13(16)17/h3-4,6-7H,1-2,5,8-9H2,(H,16,17). The van der Waals surface area contributed by atoms with Crippen molar-refractivity contribution in [3.63, 3.8) is 0 Å². The summed E-state index contributed by atoms with van der Waals surface area (Å²) in [5.74, 6) is -0.964. The molecule has 1 heterocycles. The third kappa shape index (κ3) is 2.46. The summed E-state index contributed by atoms with van der Waals surface area (Å²) in [7, 11) is 0. The molecule has 0 aliphatic carbocycles. The summed E-state index contributed by atoms with van der Waals surface area (Å²) in [5.41, 5.74) is 0.717. The zero-order valence-corrected chi connectivity index (χ0v) is 9.56. The number of anilines is 1. The van der Waals surface area contributed by atoms with Gasteiger partial charge in [0.1, 0.15) is 0 Å². The van der Waals surface area contributed by atoms with Gasteiger partial charge in [-0.15, -0.1) is 0 Å². The number of benzene rings is 1. The van der Waals surface area contributed by atoms with Gasteiger partial charge < -0.3 is 10.0 Å². The highest BCUT2D eigenvalue weighted by atomic mass is 16.4. The molecular formula is C13H15NO3. The molecule has 90 valence electrons. The number of carbonyl (C=O) groups excluding carboxylic acids is 1. The van der Waals surface area contributed by atoms with E-state index in [4.69, 9.17) is 5.11 Å². The maximum Gasteiger partial charge on any atom is 0.337 e. The maximum atomic E-state index is 11.9. The first-order valence-electron chi connectivity index (χ1n) is 5.83. The van der Waals surface area contributed by atoms with E-state index in [-0.39, 0.29) is 11.5 Å². The first-order valence-corrected chi connectivity index (χ1v) is 5.83. The average Bonchev–Trinajstić information content (AvgIpc) is 2.54. The van der Waals surface area contributed by atoms with Crippen molar-refractivity contribution in [2.75, 3.05) is 11.4 Å². The van der Waals surface area contributed by atoms with Crippen molar-refractivity contribution in [3.8, 4) is 0 Å². The molecule has 1 fully saturated rings. The molecule has 0 bridgehead atoms. The van der Waals surface area contributed by atoms with E-state index in [1.165, 1.54) is 6.07 Å². The smallest absolute Gasteiger partial charge is 0.337 e. The van der Waals surface area contributed by atoms with Crippen molar-refractivity contribution in [2.45, 2.75) is 25.7 Å². The van der Waals surface area contributed by atoms with E-state index in [0.29, 0.717) is 18.7 Å². The summed E-state index contributed by atoms with van der Waals surface area (Å²) in [4.78, 5) is 24.6. The summed E-state index contributed by atoms with van der Waals surface area (Å²) in [5, 5.41) is 9.11. The number of nitrogens with zero attached hydrogens (tertiary/aromatic N) is 1. The van der Waals surface area contributed by atoms with Gasteiger partial charge in [-0.2, -0.15) is 0 Å². The first kappa shape index (κ1) is 11.6. The lowest BCUT2D eigenvalue weighted by Gasteiger charge is -2.22. The molecule has 1 saturated heterocycles. The zero-order valence-electron chi connectivity index (χ0n) is 9.56. The molecule has 0 atom stereocenters. The lowest BCUT2D eigenvalue weighted by molar-refractivity contribution is -0.118. The Balaban J connectivity index is 2.37. The topological polar surface area (TPSA) is 57.6 Å². The number of carbonyl (C=O) groups is 2. The van der Waals surface area contributed by atoms with Crippen molar-refractivity contribution < 1.29 is 14.7 Å². The van der Waals surface area contributed by atoms with E-state index in [1.54, 1.807) is 23.1 Å². The molecule has 1 N–H and O–H groups in total. The van der Waals surface area contributed by atoms with Crippen LogP contribution in [0.5, 0.6) is 0 Å². The Kier molecular flexibility index (Phi) is 3.42. The number of carboxylic acids is 1. The van der Waals surface area contributed by atoms with Gasteiger partial charge >= 0.3 is 5.97 Å². The maximum absolute atomic E-state index is 11.9. The monoisotopic (exact) mass is 233 g/mol. The van der Waals surface area contributed by atoms with Crippen molar-refractivity contribution in [2.24, 2.45) is 0 Å². The van der Waals surface area contributed by atoms with Gasteiger partial charge in [-0.1, -0.05) is 18.6 Å². The Hall–Kier alpha value is -1.84. The molecule has 0 radical (unpaired) electrons. The lowest BCUT2D eigenvalue weighted by Crippen LogP contribution is -2.31. The lowest BCUT2D eigenvalue weighted by atomic mass is 10.1. The third-order valence-corrected chi connectivity index (χ3v) is 3.00. The number of rotatable bonds is 2. The molecule has 2 rings (SSSR count). The second-order valence-corrected chi connectivity index (χ2v) is 4.18. The fraction of sp³-hybridized carbons (Fsp3) is 0.385. The van der Waals surface area contributed by atoms with Crippen LogP contribution in [-0.2, 0) is 4.79 Å². The van der Waals surface area contributed by atoms with Crippen LogP contribution in [0.4, 0.5) is 5.69 Å². The van der Waals surface area contributed by atoms with E-state index < -0.39 is 5.97 Å². The van der Waals surface area contributed by atoms with Crippen LogP contribution in [0.1, 0.15) is 36.0 Å². The minimum absolute atomic E-state index is 0.0243. The fourth-order valence-electron chi connectivity index (χ4n) is 2.13. The van der Waals surface area contributed by atoms with E-state index >= 15 is 0 Å². The summed E-state index contributed by atoms with van der Waals surface area (Å²) in [6, 6.07) is 6.68. The van der Waals surface area contributed by atoms with E-state index in [0.717, 1.165) is 19.3 Å². The van der Waals surface area contributed by atoms with Crippen LogP contribution in [0.25, 0.3) is 0 Å². The summed E-state index contributed by atoms with van der Waals surface area (Å²) in [6.45, 7) is 0.614. The van der Waals surface area contributed by atoms with E-state index in [1.807, 2.05) is 0 Å². The Morgan fingerprint density at radius 1 is 1.18 bits per heavy atom. The highest BCUT2D eigenvalue weighted by Crippen LogP contribution is 2.24. The minimum atomic E-state index is -0.988. The van der Waals surface area contributed by atoms with Crippen LogP contribution in [0, 0.1) is 0 Å². The van der Waals surface area contributed by atoms with Gasteiger partial charge in [0.25, 0.3) is 0 Å². The minimum Gasteiger partial charge on any atom is -0.478 e. The van der Waals surface area contributed by atoms with E-state index in [2.05, 4.69) is 0 Å². The van der Waals surface area contributed by atoms with Crippen molar-refractivity contribution in [3.05, 3.63) is 29.8 Å². The summed E-state index contributed by atoms with van der Waals surface area (Å²) in [6.07, 6.45) is 3.36. The Labute approximate surface area is 99.9 Å². The van der Waals surface area contributed by atoms with Gasteiger partial charge in [-0.05, 0) is 25.0 Å². The molecule has 0 aromatic heterocycles. The third-order valence-electron chi connectivity index (χ3n) is 3.00. The molecule has 1 aromatic carbocycles. The van der Waals surface area contributed by atoms with Crippen LogP contribution < -0.4 is 4.90 Å². The summed E-state index contributed by atoms with van der Waals surface area (Å²) < 4.78 is 0. The van der Waals surface area contributed by atoms with Gasteiger partial charge in [-0.3, -0.25) is 4.79 Å². The van der Waals surface area contributed by atoms with Gasteiger partial charge in [0.2, 0.25) is 5.91 Å². The molecule has 4 heteroatoms. The van der Waals surface area contributed by atoms with Crippen LogP contribution in [0.15, 0.2) is 24.3 Å². The van der Waals surface area contributed by atoms with Crippen LogP contribution in [-0.4, -0.2) is 23.5 Å². The average molecular weight is 233 g/mol. The second kappa shape index (κ2) is 4.99.